The van der Waals surface area contributed by atoms with Crippen LogP contribution in [0.3, 0.4) is 0 Å². The number of hydrogen-bond acceptors (Lipinski definition) is 3. The van der Waals surface area contributed by atoms with Crippen LogP contribution in [0.15, 0.2) is 18.2 Å². The van der Waals surface area contributed by atoms with Crippen LogP contribution in [0.1, 0.15) is 61.9 Å². The number of aliphatic hydroxyl groups is 1. The van der Waals surface area contributed by atoms with Crippen molar-refractivity contribution in [2.75, 3.05) is 5.32 Å². The SMILES string of the molecule is Cc1cc(C(=O)NC2CCCC2)ccc1NC(=O)CC(O)C(C)C. The van der Waals surface area contributed by atoms with Crippen molar-refractivity contribution >= 4 is 17.5 Å². The fraction of sp³-hybridized carbons (Fsp3) is 0.579. The molecule has 1 saturated carbocycles. The number of anilines is 1. The van der Waals surface area contributed by atoms with Gasteiger partial charge in [-0.15, -0.1) is 0 Å². The van der Waals surface area contributed by atoms with Crippen LogP contribution in [-0.4, -0.2) is 29.1 Å². The van der Waals surface area contributed by atoms with Crippen LogP contribution < -0.4 is 10.6 Å². The molecular weight excluding hydrogens is 304 g/mol. The molecule has 1 unspecified atom stereocenters. The highest BCUT2D eigenvalue weighted by Gasteiger charge is 2.19. The maximum atomic E-state index is 12.3. The number of carbonyl (C=O) groups excluding carboxylic acids is 2. The molecule has 0 spiro atoms. The van der Waals surface area contributed by atoms with Gasteiger partial charge in [0.1, 0.15) is 0 Å². The molecule has 24 heavy (non-hydrogen) atoms. The van der Waals surface area contributed by atoms with Gasteiger partial charge in [0.05, 0.1) is 12.5 Å². The summed E-state index contributed by atoms with van der Waals surface area (Å²) in [6.07, 6.45) is 3.88. The molecule has 0 bridgehead atoms. The van der Waals surface area contributed by atoms with Crippen LogP contribution >= 0.6 is 0 Å². The lowest BCUT2D eigenvalue weighted by Crippen LogP contribution is -2.32. The average molecular weight is 332 g/mol. The summed E-state index contributed by atoms with van der Waals surface area (Å²) < 4.78 is 0. The van der Waals surface area contributed by atoms with Gasteiger partial charge in [0.15, 0.2) is 0 Å². The van der Waals surface area contributed by atoms with Gasteiger partial charge >= 0.3 is 0 Å². The molecule has 1 aromatic carbocycles. The van der Waals surface area contributed by atoms with E-state index in [1.54, 1.807) is 18.2 Å². The molecule has 1 aliphatic carbocycles. The highest BCUT2D eigenvalue weighted by Crippen LogP contribution is 2.20. The number of hydrogen-bond donors (Lipinski definition) is 3. The van der Waals surface area contributed by atoms with Gasteiger partial charge in [-0.2, -0.15) is 0 Å². The molecule has 5 nitrogen and oxygen atoms in total. The van der Waals surface area contributed by atoms with E-state index in [4.69, 9.17) is 0 Å². The molecule has 0 aromatic heterocycles. The van der Waals surface area contributed by atoms with Gasteiger partial charge in [0.25, 0.3) is 5.91 Å². The molecule has 1 aliphatic rings. The normalized spacial score (nSPS) is 16.2. The van der Waals surface area contributed by atoms with E-state index in [-0.39, 0.29) is 30.2 Å². The van der Waals surface area contributed by atoms with Crippen LogP contribution in [0, 0.1) is 12.8 Å². The first-order valence-corrected chi connectivity index (χ1v) is 8.76. The lowest BCUT2D eigenvalue weighted by molar-refractivity contribution is -0.118. The molecule has 3 N–H and O–H groups in total. The van der Waals surface area contributed by atoms with E-state index >= 15 is 0 Å². The van der Waals surface area contributed by atoms with E-state index in [9.17, 15) is 14.7 Å². The zero-order valence-electron chi connectivity index (χ0n) is 14.8. The maximum absolute atomic E-state index is 12.3. The Morgan fingerprint density at radius 1 is 1.25 bits per heavy atom. The molecular formula is C19H28N2O3. The van der Waals surface area contributed by atoms with Crippen LogP contribution in [0.25, 0.3) is 0 Å². The minimum Gasteiger partial charge on any atom is -0.392 e. The fourth-order valence-corrected chi connectivity index (χ4v) is 2.91. The van der Waals surface area contributed by atoms with Crippen molar-refractivity contribution in [3.8, 4) is 0 Å². The number of aryl methyl sites for hydroxylation is 1. The number of carbonyl (C=O) groups is 2. The number of amides is 2. The quantitative estimate of drug-likeness (QED) is 0.749. The summed E-state index contributed by atoms with van der Waals surface area (Å²) in [6.45, 7) is 5.61. The first-order valence-electron chi connectivity index (χ1n) is 8.76. The zero-order chi connectivity index (χ0) is 17.7. The molecule has 2 amide bonds. The average Bonchev–Trinajstić information content (AvgIpc) is 3.01. The van der Waals surface area contributed by atoms with Crippen molar-refractivity contribution < 1.29 is 14.7 Å². The second kappa shape index (κ2) is 8.29. The van der Waals surface area contributed by atoms with E-state index < -0.39 is 6.10 Å². The molecule has 132 valence electrons. The number of rotatable bonds is 6. The number of aliphatic hydroxyl groups excluding tert-OH is 1. The fourth-order valence-electron chi connectivity index (χ4n) is 2.91. The van der Waals surface area contributed by atoms with Gasteiger partial charge in [0, 0.05) is 17.3 Å². The summed E-state index contributed by atoms with van der Waals surface area (Å²) in [5.74, 6) is -0.237. The van der Waals surface area contributed by atoms with Gasteiger partial charge in [0.2, 0.25) is 5.91 Å². The monoisotopic (exact) mass is 332 g/mol. The van der Waals surface area contributed by atoms with Crippen molar-refractivity contribution in [2.45, 2.75) is 65.0 Å². The van der Waals surface area contributed by atoms with E-state index in [1.807, 2.05) is 20.8 Å². The van der Waals surface area contributed by atoms with Gasteiger partial charge in [-0.3, -0.25) is 9.59 Å². The van der Waals surface area contributed by atoms with Crippen molar-refractivity contribution in [3.05, 3.63) is 29.3 Å². The number of benzene rings is 1. The minimum atomic E-state index is -0.651. The van der Waals surface area contributed by atoms with Crippen LogP contribution in [-0.2, 0) is 4.79 Å². The maximum Gasteiger partial charge on any atom is 0.251 e. The summed E-state index contributed by atoms with van der Waals surface area (Å²) in [7, 11) is 0. The molecule has 0 aliphatic heterocycles. The summed E-state index contributed by atoms with van der Waals surface area (Å²) in [6, 6.07) is 5.55. The Balaban J connectivity index is 1.96. The third-order valence-electron chi connectivity index (χ3n) is 4.62. The topological polar surface area (TPSA) is 78.4 Å². The molecule has 1 atom stereocenters. The van der Waals surface area contributed by atoms with Crippen molar-refractivity contribution in [1.29, 1.82) is 0 Å². The summed E-state index contributed by atoms with van der Waals surface area (Å²) in [5, 5.41) is 15.6. The van der Waals surface area contributed by atoms with Gasteiger partial charge in [-0.25, -0.2) is 0 Å². The molecule has 5 heteroatoms. The van der Waals surface area contributed by atoms with E-state index in [0.29, 0.717) is 11.3 Å². The van der Waals surface area contributed by atoms with Crippen molar-refractivity contribution in [2.24, 2.45) is 5.92 Å². The van der Waals surface area contributed by atoms with Gasteiger partial charge in [-0.05, 0) is 49.4 Å². The molecule has 0 radical (unpaired) electrons. The van der Waals surface area contributed by atoms with Crippen molar-refractivity contribution in [1.82, 2.24) is 5.32 Å². The Hall–Kier alpha value is -1.88. The smallest absolute Gasteiger partial charge is 0.251 e. The molecule has 1 fully saturated rings. The highest BCUT2D eigenvalue weighted by molar-refractivity contribution is 5.96. The largest absolute Gasteiger partial charge is 0.392 e. The predicted octanol–water partition coefficient (Wildman–Crippen LogP) is 3.01. The molecule has 0 saturated heterocycles. The molecule has 0 heterocycles. The lowest BCUT2D eigenvalue weighted by Gasteiger charge is -2.16. The Morgan fingerprint density at radius 3 is 2.50 bits per heavy atom. The first-order chi connectivity index (χ1) is 11.4. The van der Waals surface area contributed by atoms with Crippen molar-refractivity contribution in [3.63, 3.8) is 0 Å². The zero-order valence-corrected chi connectivity index (χ0v) is 14.8. The second-order valence-electron chi connectivity index (χ2n) is 7.05. The predicted molar refractivity (Wildman–Crippen MR) is 95.0 cm³/mol. The third-order valence-corrected chi connectivity index (χ3v) is 4.62. The number of nitrogens with one attached hydrogen (secondary N) is 2. The Kier molecular flexibility index (Phi) is 6.37. The molecule has 1 aromatic rings. The highest BCUT2D eigenvalue weighted by atomic mass is 16.3. The lowest BCUT2D eigenvalue weighted by atomic mass is 10.0. The van der Waals surface area contributed by atoms with Crippen LogP contribution in [0.2, 0.25) is 0 Å². The van der Waals surface area contributed by atoms with Crippen LogP contribution in [0.4, 0.5) is 5.69 Å². The third kappa shape index (κ3) is 5.06. The Morgan fingerprint density at radius 2 is 1.92 bits per heavy atom. The van der Waals surface area contributed by atoms with E-state index in [1.165, 1.54) is 12.8 Å². The Bertz CT molecular complexity index is 592. The summed E-state index contributed by atoms with van der Waals surface area (Å²) in [5.41, 5.74) is 2.12. The van der Waals surface area contributed by atoms with E-state index in [2.05, 4.69) is 10.6 Å². The summed E-state index contributed by atoms with van der Waals surface area (Å²) in [4.78, 5) is 24.3. The second-order valence-corrected chi connectivity index (χ2v) is 7.05. The summed E-state index contributed by atoms with van der Waals surface area (Å²) >= 11 is 0. The first kappa shape index (κ1) is 18.5. The Labute approximate surface area is 143 Å². The molecule has 2 rings (SSSR count). The standard InChI is InChI=1S/C19H28N2O3/c1-12(2)17(22)11-18(23)21-16-9-8-14(10-13(16)3)19(24)20-15-6-4-5-7-15/h8-10,12,15,17,22H,4-7,11H2,1-3H3,(H,20,24)(H,21,23). The van der Waals surface area contributed by atoms with Crippen LogP contribution in [0.5, 0.6) is 0 Å². The minimum absolute atomic E-state index is 0.0403. The van der Waals surface area contributed by atoms with Gasteiger partial charge in [-0.1, -0.05) is 26.7 Å². The van der Waals surface area contributed by atoms with E-state index in [0.717, 1.165) is 18.4 Å². The van der Waals surface area contributed by atoms with Gasteiger partial charge < -0.3 is 15.7 Å².